The molecule has 2 aliphatic heterocycles. The number of phenols is 1. The highest BCUT2D eigenvalue weighted by Gasteiger charge is 2.32. The van der Waals surface area contributed by atoms with E-state index in [4.69, 9.17) is 4.74 Å². The van der Waals surface area contributed by atoms with Crippen LogP contribution in [0.2, 0.25) is 0 Å². The van der Waals surface area contributed by atoms with Crippen LogP contribution in [0.1, 0.15) is 42.7 Å². The van der Waals surface area contributed by atoms with Crippen LogP contribution in [-0.4, -0.2) is 41.2 Å². The second-order valence-corrected chi connectivity index (χ2v) is 6.94. The zero-order valence-corrected chi connectivity index (χ0v) is 15.1. The molecule has 4 rings (SSSR count). The Morgan fingerprint density at radius 1 is 1.22 bits per heavy atom. The number of phenolic OH excluding ortho intramolecular Hbond substituents is 1. The summed E-state index contributed by atoms with van der Waals surface area (Å²) in [5, 5.41) is 12.6. The minimum absolute atomic E-state index is 0.00853. The summed E-state index contributed by atoms with van der Waals surface area (Å²) >= 11 is 0. The van der Waals surface area contributed by atoms with E-state index in [1.54, 1.807) is 12.1 Å². The van der Waals surface area contributed by atoms with Gasteiger partial charge in [0.25, 0.3) is 5.56 Å². The van der Waals surface area contributed by atoms with Crippen molar-refractivity contribution in [2.75, 3.05) is 30.4 Å². The first-order valence-electron chi connectivity index (χ1n) is 9.12. The molecule has 2 aliphatic rings. The van der Waals surface area contributed by atoms with Crippen LogP contribution >= 0.6 is 0 Å². The number of ether oxygens (including phenoxy) is 1. The van der Waals surface area contributed by atoms with Gasteiger partial charge in [0.15, 0.2) is 11.5 Å². The van der Waals surface area contributed by atoms with Gasteiger partial charge in [-0.2, -0.15) is 4.98 Å². The number of amides is 1. The molecule has 27 heavy (non-hydrogen) atoms. The molecule has 1 unspecified atom stereocenters. The number of carbonyl (C=O) groups is 1. The Balaban J connectivity index is 1.77. The lowest BCUT2D eigenvalue weighted by Gasteiger charge is -2.29. The van der Waals surface area contributed by atoms with Gasteiger partial charge in [0.2, 0.25) is 11.9 Å². The number of nitrogens with zero attached hydrogens (tertiary/aromatic N) is 2. The molecular weight excluding hydrogens is 348 g/mol. The molecule has 3 N–H and O–H groups in total. The number of piperidine rings is 1. The maximum absolute atomic E-state index is 12.9. The molecule has 2 aromatic rings. The lowest BCUT2D eigenvalue weighted by molar-refractivity contribution is -0.116. The fourth-order valence-electron chi connectivity index (χ4n) is 3.81. The maximum Gasteiger partial charge on any atom is 0.258 e. The van der Waals surface area contributed by atoms with Crippen molar-refractivity contribution >= 4 is 17.7 Å². The Kier molecular flexibility index (Phi) is 4.47. The summed E-state index contributed by atoms with van der Waals surface area (Å²) < 4.78 is 5.16. The molecule has 0 spiro atoms. The van der Waals surface area contributed by atoms with E-state index in [1.165, 1.54) is 19.6 Å². The molecule has 8 nitrogen and oxygen atoms in total. The second kappa shape index (κ2) is 6.94. The molecule has 0 aliphatic carbocycles. The average molecular weight is 370 g/mol. The van der Waals surface area contributed by atoms with E-state index in [9.17, 15) is 14.7 Å². The van der Waals surface area contributed by atoms with Gasteiger partial charge in [-0.15, -0.1) is 0 Å². The van der Waals surface area contributed by atoms with Crippen LogP contribution in [0.4, 0.5) is 11.8 Å². The summed E-state index contributed by atoms with van der Waals surface area (Å²) in [6.45, 7) is 1.68. The van der Waals surface area contributed by atoms with Gasteiger partial charge in [-0.1, -0.05) is 6.07 Å². The summed E-state index contributed by atoms with van der Waals surface area (Å²) in [6.07, 6.45) is 3.42. The number of benzene rings is 1. The van der Waals surface area contributed by atoms with Gasteiger partial charge in [0, 0.05) is 25.4 Å². The smallest absolute Gasteiger partial charge is 0.258 e. The summed E-state index contributed by atoms with van der Waals surface area (Å²) in [6, 6.07) is 4.85. The number of methoxy groups -OCH3 is 1. The van der Waals surface area contributed by atoms with Gasteiger partial charge in [-0.05, 0) is 37.0 Å². The molecule has 1 aromatic carbocycles. The summed E-state index contributed by atoms with van der Waals surface area (Å²) in [5.41, 5.74) is 0.902. The molecule has 1 aromatic heterocycles. The molecule has 1 amide bonds. The van der Waals surface area contributed by atoms with E-state index in [0.717, 1.165) is 31.5 Å². The van der Waals surface area contributed by atoms with Crippen LogP contribution in [0.5, 0.6) is 11.5 Å². The number of carbonyl (C=O) groups excluding carboxylic acids is 1. The number of aromatic nitrogens is 2. The van der Waals surface area contributed by atoms with Crippen LogP contribution in [0.25, 0.3) is 0 Å². The summed E-state index contributed by atoms with van der Waals surface area (Å²) in [7, 11) is 1.46. The van der Waals surface area contributed by atoms with Gasteiger partial charge < -0.3 is 20.1 Å². The van der Waals surface area contributed by atoms with Gasteiger partial charge in [0.1, 0.15) is 5.82 Å². The third-order valence-electron chi connectivity index (χ3n) is 5.20. The molecule has 0 bridgehead atoms. The van der Waals surface area contributed by atoms with Crippen molar-refractivity contribution in [3.05, 3.63) is 39.7 Å². The predicted octanol–water partition coefficient (Wildman–Crippen LogP) is 1.95. The van der Waals surface area contributed by atoms with E-state index in [2.05, 4.69) is 15.3 Å². The highest BCUT2D eigenvalue weighted by Crippen LogP contribution is 2.38. The lowest BCUT2D eigenvalue weighted by atomic mass is 9.86. The largest absolute Gasteiger partial charge is 0.504 e. The number of hydrogen-bond acceptors (Lipinski definition) is 6. The highest BCUT2D eigenvalue weighted by molar-refractivity contribution is 5.94. The minimum atomic E-state index is -0.449. The first kappa shape index (κ1) is 17.4. The van der Waals surface area contributed by atoms with Crippen LogP contribution < -0.4 is 20.5 Å². The number of rotatable bonds is 3. The fourth-order valence-corrected chi connectivity index (χ4v) is 3.81. The third-order valence-corrected chi connectivity index (χ3v) is 5.20. The molecule has 1 saturated heterocycles. The van der Waals surface area contributed by atoms with Gasteiger partial charge in [-0.3, -0.25) is 14.6 Å². The molecular formula is C19H22N4O4. The van der Waals surface area contributed by atoms with E-state index < -0.39 is 5.92 Å². The van der Waals surface area contributed by atoms with Gasteiger partial charge in [-0.25, -0.2) is 0 Å². The molecule has 8 heteroatoms. The first-order chi connectivity index (χ1) is 13.1. The standard InChI is InChI=1S/C19H22N4O4/c1-27-14-9-11(5-6-13(14)24)12-10-15(25)20-17-16(12)18(26)22-19(21-17)23-7-3-2-4-8-23/h5-6,9,12,24H,2-4,7-8,10H2,1H3,(H2,20,21,22,25,26). The monoisotopic (exact) mass is 370 g/mol. The Hall–Kier alpha value is -3.03. The van der Waals surface area contributed by atoms with Gasteiger partial charge >= 0.3 is 0 Å². The number of fused-ring (bicyclic) bond motifs is 1. The number of nitrogens with one attached hydrogen (secondary N) is 2. The van der Waals surface area contributed by atoms with Crippen LogP contribution in [0, 0.1) is 0 Å². The second-order valence-electron chi connectivity index (χ2n) is 6.94. The van der Waals surface area contributed by atoms with E-state index in [0.29, 0.717) is 23.1 Å². The quantitative estimate of drug-likeness (QED) is 0.762. The zero-order valence-electron chi connectivity index (χ0n) is 15.1. The van der Waals surface area contributed by atoms with Crippen molar-refractivity contribution in [2.24, 2.45) is 0 Å². The Morgan fingerprint density at radius 3 is 2.74 bits per heavy atom. The van der Waals surface area contributed by atoms with Crippen molar-refractivity contribution < 1.29 is 14.6 Å². The van der Waals surface area contributed by atoms with Crippen LogP contribution in [0.15, 0.2) is 23.0 Å². The topological polar surface area (TPSA) is 108 Å². The van der Waals surface area contributed by atoms with Crippen molar-refractivity contribution in [3.8, 4) is 11.5 Å². The Bertz CT molecular complexity index is 934. The molecule has 0 radical (unpaired) electrons. The first-order valence-corrected chi connectivity index (χ1v) is 9.12. The highest BCUT2D eigenvalue weighted by atomic mass is 16.5. The molecule has 3 heterocycles. The van der Waals surface area contributed by atoms with E-state index in [-0.39, 0.29) is 23.6 Å². The van der Waals surface area contributed by atoms with Crippen molar-refractivity contribution in [3.63, 3.8) is 0 Å². The maximum atomic E-state index is 12.9. The normalized spacial score (nSPS) is 19.4. The average Bonchev–Trinajstić information content (AvgIpc) is 2.68. The van der Waals surface area contributed by atoms with Gasteiger partial charge in [0.05, 0.1) is 12.7 Å². The molecule has 0 saturated carbocycles. The Labute approximate surface area is 156 Å². The SMILES string of the molecule is COc1cc(C2CC(=O)Nc3nc(N4CCCCC4)[nH]c(=O)c32)ccc1O. The summed E-state index contributed by atoms with van der Waals surface area (Å²) in [5.74, 6) is 0.482. The molecule has 1 fully saturated rings. The van der Waals surface area contributed by atoms with Crippen LogP contribution in [-0.2, 0) is 4.79 Å². The van der Waals surface area contributed by atoms with Crippen molar-refractivity contribution in [1.82, 2.24) is 9.97 Å². The zero-order chi connectivity index (χ0) is 19.0. The Morgan fingerprint density at radius 2 is 2.00 bits per heavy atom. The molecule has 142 valence electrons. The lowest BCUT2D eigenvalue weighted by Crippen LogP contribution is -2.36. The van der Waals surface area contributed by atoms with Crippen molar-refractivity contribution in [2.45, 2.75) is 31.6 Å². The molecule has 1 atom stereocenters. The number of aromatic amines is 1. The minimum Gasteiger partial charge on any atom is -0.504 e. The number of aromatic hydroxyl groups is 1. The predicted molar refractivity (Wildman–Crippen MR) is 101 cm³/mol. The fraction of sp³-hybridized carbons (Fsp3) is 0.421. The number of hydrogen-bond donors (Lipinski definition) is 3. The third kappa shape index (κ3) is 3.22. The van der Waals surface area contributed by atoms with E-state index >= 15 is 0 Å². The van der Waals surface area contributed by atoms with Crippen molar-refractivity contribution in [1.29, 1.82) is 0 Å². The number of anilines is 2. The summed E-state index contributed by atoms with van der Waals surface area (Å²) in [4.78, 5) is 34.6. The van der Waals surface area contributed by atoms with E-state index in [1.807, 2.05) is 4.90 Å². The number of H-pyrrole nitrogens is 1. The van der Waals surface area contributed by atoms with Crippen LogP contribution in [0.3, 0.4) is 0 Å².